The van der Waals surface area contributed by atoms with Crippen molar-refractivity contribution in [2.24, 2.45) is 0 Å². The zero-order valence-electron chi connectivity index (χ0n) is 12.1. The molecule has 0 bridgehead atoms. The van der Waals surface area contributed by atoms with Gasteiger partial charge in [0.15, 0.2) is 0 Å². The van der Waals surface area contributed by atoms with Gasteiger partial charge in [-0.1, -0.05) is 19.1 Å². The Hall–Kier alpha value is -1.46. The Morgan fingerprint density at radius 3 is 2.57 bits per heavy atom. The van der Waals surface area contributed by atoms with Crippen LogP contribution in [0.4, 0.5) is 8.78 Å². The molecule has 0 amide bonds. The molecule has 1 atom stereocenters. The average molecular weight is 311 g/mol. The fourth-order valence-corrected chi connectivity index (χ4v) is 3.22. The van der Waals surface area contributed by atoms with Crippen molar-refractivity contribution < 1.29 is 13.5 Å². The van der Waals surface area contributed by atoms with E-state index in [2.05, 4.69) is 29.1 Å². The van der Waals surface area contributed by atoms with Gasteiger partial charge in [0, 0.05) is 22.2 Å². The number of aryl methyl sites for hydroxylation is 1. The van der Waals surface area contributed by atoms with Gasteiger partial charge in [0.1, 0.15) is 5.75 Å². The minimum Gasteiger partial charge on any atom is -0.435 e. The first-order valence-electron chi connectivity index (χ1n) is 6.92. The van der Waals surface area contributed by atoms with Crippen LogP contribution in [0.3, 0.4) is 0 Å². The van der Waals surface area contributed by atoms with Crippen LogP contribution in [-0.2, 0) is 12.8 Å². The second-order valence-corrected chi connectivity index (χ2v) is 5.97. The molecule has 1 heterocycles. The lowest BCUT2D eigenvalue weighted by molar-refractivity contribution is -0.0499. The topological polar surface area (TPSA) is 21.3 Å². The highest BCUT2D eigenvalue weighted by Crippen LogP contribution is 2.26. The molecule has 5 heteroatoms. The number of hydrogen-bond donors (Lipinski definition) is 1. The highest BCUT2D eigenvalue weighted by atomic mass is 32.1. The van der Waals surface area contributed by atoms with Gasteiger partial charge in [0.2, 0.25) is 0 Å². The van der Waals surface area contributed by atoms with Crippen molar-refractivity contribution >= 4 is 11.3 Å². The third kappa shape index (κ3) is 4.51. The summed E-state index contributed by atoms with van der Waals surface area (Å²) >= 11 is 1.79. The van der Waals surface area contributed by atoms with E-state index in [4.69, 9.17) is 0 Å². The van der Waals surface area contributed by atoms with Crippen LogP contribution in [0.2, 0.25) is 0 Å². The molecule has 1 aromatic heterocycles. The molecule has 1 N–H and O–H groups in total. The smallest absolute Gasteiger partial charge is 0.387 e. The van der Waals surface area contributed by atoms with E-state index >= 15 is 0 Å². The van der Waals surface area contributed by atoms with E-state index in [0.717, 1.165) is 18.4 Å². The number of hydrogen-bond acceptors (Lipinski definition) is 3. The number of rotatable bonds is 7. The molecule has 1 unspecified atom stereocenters. The second-order valence-electron chi connectivity index (χ2n) is 4.72. The first-order chi connectivity index (χ1) is 10.1. The molecule has 0 spiro atoms. The maximum Gasteiger partial charge on any atom is 0.387 e. The summed E-state index contributed by atoms with van der Waals surface area (Å²) in [7, 11) is 1.87. The summed E-state index contributed by atoms with van der Waals surface area (Å²) < 4.78 is 29.0. The van der Waals surface area contributed by atoms with Crippen molar-refractivity contribution in [1.82, 2.24) is 5.32 Å². The van der Waals surface area contributed by atoms with Crippen LogP contribution in [0.15, 0.2) is 36.4 Å². The second kappa shape index (κ2) is 7.52. The number of nitrogens with one attached hydrogen (secondary N) is 1. The van der Waals surface area contributed by atoms with Crippen LogP contribution in [0.1, 0.15) is 28.3 Å². The van der Waals surface area contributed by atoms with Crippen molar-refractivity contribution in [3.63, 3.8) is 0 Å². The lowest BCUT2D eigenvalue weighted by Gasteiger charge is -2.17. The van der Waals surface area contributed by atoms with Crippen molar-refractivity contribution in [2.45, 2.75) is 32.4 Å². The molecule has 0 saturated carbocycles. The van der Waals surface area contributed by atoms with Gasteiger partial charge >= 0.3 is 6.61 Å². The number of halogens is 2. The Balaban J connectivity index is 2.12. The molecular weight excluding hydrogens is 292 g/mol. The molecule has 0 aliphatic carbocycles. The van der Waals surface area contributed by atoms with Gasteiger partial charge in [-0.25, -0.2) is 0 Å². The molecule has 21 heavy (non-hydrogen) atoms. The zero-order valence-corrected chi connectivity index (χ0v) is 12.9. The summed E-state index contributed by atoms with van der Waals surface area (Å²) in [4.78, 5) is 2.64. The van der Waals surface area contributed by atoms with Gasteiger partial charge < -0.3 is 10.1 Å². The number of thiophene rings is 1. The van der Waals surface area contributed by atoms with Gasteiger partial charge in [-0.05, 0) is 43.3 Å². The molecule has 0 fully saturated rings. The molecule has 0 saturated heterocycles. The first kappa shape index (κ1) is 15.9. The first-order valence-corrected chi connectivity index (χ1v) is 7.73. The molecule has 1 aromatic carbocycles. The Morgan fingerprint density at radius 1 is 1.19 bits per heavy atom. The van der Waals surface area contributed by atoms with Gasteiger partial charge in [-0.3, -0.25) is 0 Å². The van der Waals surface area contributed by atoms with Crippen LogP contribution >= 0.6 is 11.3 Å². The van der Waals surface area contributed by atoms with Crippen LogP contribution in [0.5, 0.6) is 5.75 Å². The third-order valence-electron chi connectivity index (χ3n) is 3.31. The number of alkyl halides is 2. The largest absolute Gasteiger partial charge is 0.435 e. The quantitative estimate of drug-likeness (QED) is 0.817. The van der Waals surface area contributed by atoms with Crippen LogP contribution in [0.25, 0.3) is 0 Å². The maximum absolute atomic E-state index is 12.3. The van der Waals surface area contributed by atoms with Crippen molar-refractivity contribution in [3.8, 4) is 5.75 Å². The lowest BCUT2D eigenvalue weighted by atomic mass is 10.0. The summed E-state index contributed by atoms with van der Waals surface area (Å²) in [5.41, 5.74) is 0.946. The van der Waals surface area contributed by atoms with E-state index in [9.17, 15) is 8.78 Å². The molecule has 0 radical (unpaired) electrons. The van der Waals surface area contributed by atoms with E-state index in [1.54, 1.807) is 29.5 Å². The summed E-state index contributed by atoms with van der Waals surface area (Å²) in [6, 6.07) is 11.2. The van der Waals surface area contributed by atoms with Crippen LogP contribution in [-0.4, -0.2) is 13.7 Å². The molecule has 2 rings (SSSR count). The Morgan fingerprint density at radius 2 is 1.95 bits per heavy atom. The number of ether oxygens (including phenoxy) is 1. The normalized spacial score (nSPS) is 12.6. The van der Waals surface area contributed by atoms with Gasteiger partial charge in [-0.2, -0.15) is 8.78 Å². The van der Waals surface area contributed by atoms with Crippen LogP contribution in [0, 0.1) is 0 Å². The highest BCUT2D eigenvalue weighted by Gasteiger charge is 2.13. The monoisotopic (exact) mass is 311 g/mol. The van der Waals surface area contributed by atoms with Crippen molar-refractivity contribution in [1.29, 1.82) is 0 Å². The molecule has 114 valence electrons. The summed E-state index contributed by atoms with van der Waals surface area (Å²) in [5, 5.41) is 3.24. The predicted octanol–water partition coefficient (Wildman–Crippen LogP) is 4.42. The third-order valence-corrected chi connectivity index (χ3v) is 4.56. The average Bonchev–Trinajstić information content (AvgIpc) is 2.92. The Kier molecular flexibility index (Phi) is 5.70. The number of likely N-dealkylation sites (N-methyl/N-ethyl adjacent to an activating group) is 1. The molecule has 2 aromatic rings. The zero-order chi connectivity index (χ0) is 15.2. The summed E-state index contributed by atoms with van der Waals surface area (Å²) in [6.45, 7) is -0.659. The Labute approximate surface area is 127 Å². The standard InChI is InChI=1S/C16H19F2NOS/c1-3-13-7-8-14(21-13)10-15(19-2)11-5-4-6-12(9-11)20-16(17)18/h4-9,15-16,19H,3,10H2,1-2H3. The van der Waals surface area contributed by atoms with E-state index in [1.807, 2.05) is 13.1 Å². The summed E-state index contributed by atoms with van der Waals surface area (Å²) in [6.07, 6.45) is 1.87. The highest BCUT2D eigenvalue weighted by molar-refractivity contribution is 7.11. The van der Waals surface area contributed by atoms with E-state index < -0.39 is 6.61 Å². The molecule has 0 aliphatic rings. The van der Waals surface area contributed by atoms with E-state index in [-0.39, 0.29) is 11.8 Å². The fourth-order valence-electron chi connectivity index (χ4n) is 2.22. The van der Waals surface area contributed by atoms with Gasteiger partial charge in [-0.15, -0.1) is 11.3 Å². The predicted molar refractivity (Wildman–Crippen MR) is 82.3 cm³/mol. The minimum absolute atomic E-state index is 0.0783. The Bertz CT molecular complexity index is 571. The molecular formula is C16H19F2NOS. The lowest BCUT2D eigenvalue weighted by Crippen LogP contribution is -2.18. The van der Waals surface area contributed by atoms with E-state index in [1.165, 1.54) is 9.75 Å². The van der Waals surface area contributed by atoms with Gasteiger partial charge in [0.05, 0.1) is 0 Å². The molecule has 0 aliphatic heterocycles. The van der Waals surface area contributed by atoms with E-state index in [0.29, 0.717) is 0 Å². The maximum atomic E-state index is 12.3. The van der Waals surface area contributed by atoms with Gasteiger partial charge in [0.25, 0.3) is 0 Å². The summed E-state index contributed by atoms with van der Waals surface area (Å²) in [5.74, 6) is 0.197. The van der Waals surface area contributed by atoms with Crippen molar-refractivity contribution in [3.05, 3.63) is 51.7 Å². The fraction of sp³-hybridized carbons (Fsp3) is 0.375. The van der Waals surface area contributed by atoms with Crippen LogP contribution < -0.4 is 10.1 Å². The number of benzene rings is 1. The van der Waals surface area contributed by atoms with Crippen molar-refractivity contribution in [2.75, 3.05) is 7.05 Å². The SMILES string of the molecule is CCc1ccc(CC(NC)c2cccc(OC(F)F)c2)s1. The minimum atomic E-state index is -2.79. The molecule has 2 nitrogen and oxygen atoms in total.